The lowest BCUT2D eigenvalue weighted by atomic mass is 10.2. The van der Waals surface area contributed by atoms with Gasteiger partial charge in [-0.3, -0.25) is 4.79 Å². The first-order valence-electron chi connectivity index (χ1n) is 9.80. The van der Waals surface area contributed by atoms with Gasteiger partial charge >= 0.3 is 6.18 Å². The molecule has 0 aliphatic carbocycles. The maximum atomic E-state index is 12.9. The standard InChI is InChI=1S/C20H20F3N7O/c1-2-14-11-17(31)28-18(26-14)13-3-4-16(25-12-13)29-7-9-30(10-8-29)19-24-6-5-15(27-19)20(21,22)23/h3-6,11-12H,2,7-10H2,1H3,(H,26,28,31). The van der Waals surface area contributed by atoms with Gasteiger partial charge in [0.15, 0.2) is 0 Å². The summed E-state index contributed by atoms with van der Waals surface area (Å²) < 4.78 is 38.7. The highest BCUT2D eigenvalue weighted by atomic mass is 19.4. The fraction of sp³-hybridized carbons (Fsp3) is 0.350. The smallest absolute Gasteiger partial charge is 0.353 e. The van der Waals surface area contributed by atoms with Gasteiger partial charge in [-0.2, -0.15) is 13.2 Å². The molecule has 3 aromatic rings. The Labute approximate surface area is 175 Å². The highest BCUT2D eigenvalue weighted by Crippen LogP contribution is 2.28. The van der Waals surface area contributed by atoms with Crippen molar-refractivity contribution in [2.75, 3.05) is 36.0 Å². The van der Waals surface area contributed by atoms with Crippen LogP contribution in [0.1, 0.15) is 18.3 Å². The molecule has 0 atom stereocenters. The van der Waals surface area contributed by atoms with Crippen molar-refractivity contribution >= 4 is 11.8 Å². The van der Waals surface area contributed by atoms with E-state index >= 15 is 0 Å². The molecule has 3 aromatic heterocycles. The van der Waals surface area contributed by atoms with Crippen LogP contribution in [0.15, 0.2) is 41.5 Å². The molecular formula is C20H20F3N7O. The van der Waals surface area contributed by atoms with Gasteiger partial charge in [-0.25, -0.2) is 19.9 Å². The molecule has 162 valence electrons. The zero-order valence-corrected chi connectivity index (χ0v) is 16.7. The summed E-state index contributed by atoms with van der Waals surface area (Å²) in [5.41, 5.74) is 0.248. The molecular weight excluding hydrogens is 411 g/mol. The lowest BCUT2D eigenvalue weighted by Gasteiger charge is -2.35. The fourth-order valence-corrected chi connectivity index (χ4v) is 3.33. The number of H-pyrrole nitrogens is 1. The molecule has 0 radical (unpaired) electrons. The summed E-state index contributed by atoms with van der Waals surface area (Å²) in [7, 11) is 0. The summed E-state index contributed by atoms with van der Waals surface area (Å²) in [6.07, 6.45) is -1.07. The Morgan fingerprint density at radius 1 is 1.03 bits per heavy atom. The average Bonchev–Trinajstić information content (AvgIpc) is 2.78. The number of hydrogen-bond acceptors (Lipinski definition) is 7. The summed E-state index contributed by atoms with van der Waals surface area (Å²) >= 11 is 0. The van der Waals surface area contributed by atoms with Crippen LogP contribution in [-0.4, -0.2) is 51.1 Å². The average molecular weight is 431 g/mol. The van der Waals surface area contributed by atoms with Crippen LogP contribution in [-0.2, 0) is 12.6 Å². The summed E-state index contributed by atoms with van der Waals surface area (Å²) in [5, 5.41) is 0. The van der Waals surface area contributed by atoms with E-state index in [-0.39, 0.29) is 11.5 Å². The molecule has 0 spiro atoms. The Morgan fingerprint density at radius 3 is 2.42 bits per heavy atom. The number of hydrogen-bond donors (Lipinski definition) is 1. The largest absolute Gasteiger partial charge is 0.433 e. The monoisotopic (exact) mass is 431 g/mol. The van der Waals surface area contributed by atoms with E-state index in [0.717, 1.165) is 18.1 Å². The number of nitrogens with one attached hydrogen (secondary N) is 1. The molecule has 8 nitrogen and oxygen atoms in total. The molecule has 1 aliphatic heterocycles. The Morgan fingerprint density at radius 2 is 1.77 bits per heavy atom. The Bertz CT molecular complexity index is 1110. The third kappa shape index (κ3) is 4.65. The molecule has 0 saturated carbocycles. The topological polar surface area (TPSA) is 90.9 Å². The predicted molar refractivity (Wildman–Crippen MR) is 109 cm³/mol. The molecule has 31 heavy (non-hydrogen) atoms. The molecule has 0 amide bonds. The number of piperazine rings is 1. The maximum absolute atomic E-state index is 12.9. The number of aromatic nitrogens is 5. The summed E-state index contributed by atoms with van der Waals surface area (Å²) in [6.45, 7) is 3.99. The molecule has 0 unspecified atom stereocenters. The van der Waals surface area contributed by atoms with Crippen LogP contribution < -0.4 is 15.4 Å². The van der Waals surface area contributed by atoms with Gasteiger partial charge in [0.25, 0.3) is 5.56 Å². The van der Waals surface area contributed by atoms with Gasteiger partial charge in [0.2, 0.25) is 5.95 Å². The van der Waals surface area contributed by atoms with Crippen molar-refractivity contribution in [1.29, 1.82) is 0 Å². The van der Waals surface area contributed by atoms with Crippen molar-refractivity contribution in [1.82, 2.24) is 24.9 Å². The molecule has 1 aliphatic rings. The van der Waals surface area contributed by atoms with Crippen molar-refractivity contribution in [2.45, 2.75) is 19.5 Å². The van der Waals surface area contributed by atoms with Crippen molar-refractivity contribution in [3.63, 3.8) is 0 Å². The molecule has 0 bridgehead atoms. The second kappa shape index (κ2) is 8.32. The molecule has 0 aromatic carbocycles. The fourth-order valence-electron chi connectivity index (χ4n) is 3.33. The normalized spacial score (nSPS) is 14.7. The lowest BCUT2D eigenvalue weighted by Crippen LogP contribution is -2.47. The summed E-state index contributed by atoms with van der Waals surface area (Å²) in [4.78, 5) is 34.8. The number of anilines is 2. The van der Waals surface area contributed by atoms with Gasteiger partial charge in [0, 0.05) is 55.9 Å². The van der Waals surface area contributed by atoms with Gasteiger partial charge in [-0.15, -0.1) is 0 Å². The molecule has 1 fully saturated rings. The van der Waals surface area contributed by atoms with E-state index < -0.39 is 11.9 Å². The van der Waals surface area contributed by atoms with E-state index in [1.807, 2.05) is 24.0 Å². The Balaban J connectivity index is 1.44. The highest BCUT2D eigenvalue weighted by Gasteiger charge is 2.33. The van der Waals surface area contributed by atoms with Gasteiger partial charge < -0.3 is 14.8 Å². The van der Waals surface area contributed by atoms with Crippen LogP contribution in [0.3, 0.4) is 0 Å². The van der Waals surface area contributed by atoms with E-state index in [2.05, 4.69) is 24.9 Å². The van der Waals surface area contributed by atoms with E-state index in [4.69, 9.17) is 0 Å². The first kappa shape index (κ1) is 20.8. The number of pyridine rings is 1. The zero-order valence-electron chi connectivity index (χ0n) is 16.7. The molecule has 1 N–H and O–H groups in total. The number of halogens is 3. The van der Waals surface area contributed by atoms with Gasteiger partial charge in [-0.1, -0.05) is 6.92 Å². The van der Waals surface area contributed by atoms with Crippen molar-refractivity contribution in [2.24, 2.45) is 0 Å². The quantitative estimate of drug-likeness (QED) is 0.679. The number of rotatable bonds is 4. The zero-order chi connectivity index (χ0) is 22.0. The first-order chi connectivity index (χ1) is 14.8. The second-order valence-electron chi connectivity index (χ2n) is 7.06. The first-order valence-corrected chi connectivity index (χ1v) is 9.80. The Kier molecular flexibility index (Phi) is 5.57. The number of nitrogens with zero attached hydrogens (tertiary/aromatic N) is 6. The minimum atomic E-state index is -4.50. The van der Waals surface area contributed by atoms with Crippen molar-refractivity contribution in [3.05, 3.63) is 58.4 Å². The minimum absolute atomic E-state index is 0.0728. The molecule has 11 heteroatoms. The molecule has 1 saturated heterocycles. The van der Waals surface area contributed by atoms with Crippen LogP contribution in [0.5, 0.6) is 0 Å². The summed E-state index contributed by atoms with van der Waals surface area (Å²) in [6, 6.07) is 6.01. The van der Waals surface area contributed by atoms with E-state index in [0.29, 0.717) is 49.7 Å². The molecule has 4 rings (SSSR count). The third-order valence-corrected chi connectivity index (χ3v) is 5.00. The van der Waals surface area contributed by atoms with E-state index in [9.17, 15) is 18.0 Å². The van der Waals surface area contributed by atoms with Crippen LogP contribution in [0.2, 0.25) is 0 Å². The predicted octanol–water partition coefficient (Wildman–Crippen LogP) is 2.53. The van der Waals surface area contributed by atoms with Crippen LogP contribution in [0, 0.1) is 0 Å². The van der Waals surface area contributed by atoms with Gasteiger partial charge in [0.1, 0.15) is 17.3 Å². The molecule has 4 heterocycles. The SMILES string of the molecule is CCc1cc(=O)[nH]c(-c2ccc(N3CCN(c4nccc(C(F)(F)F)n4)CC3)nc2)n1. The second-order valence-corrected chi connectivity index (χ2v) is 7.06. The highest BCUT2D eigenvalue weighted by molar-refractivity contribution is 5.56. The minimum Gasteiger partial charge on any atom is -0.353 e. The van der Waals surface area contributed by atoms with Crippen LogP contribution in [0.25, 0.3) is 11.4 Å². The number of aromatic amines is 1. The van der Waals surface area contributed by atoms with Gasteiger partial charge in [0.05, 0.1) is 0 Å². The maximum Gasteiger partial charge on any atom is 0.433 e. The van der Waals surface area contributed by atoms with E-state index in [1.54, 1.807) is 11.1 Å². The van der Waals surface area contributed by atoms with Crippen molar-refractivity contribution in [3.8, 4) is 11.4 Å². The third-order valence-electron chi connectivity index (χ3n) is 5.00. The number of alkyl halides is 3. The summed E-state index contributed by atoms with van der Waals surface area (Å²) in [5.74, 6) is 1.28. The van der Waals surface area contributed by atoms with E-state index in [1.165, 1.54) is 6.07 Å². The van der Waals surface area contributed by atoms with Crippen LogP contribution in [0.4, 0.5) is 24.9 Å². The lowest BCUT2D eigenvalue weighted by molar-refractivity contribution is -0.141. The Hall–Kier alpha value is -3.50. The number of aryl methyl sites for hydroxylation is 1. The van der Waals surface area contributed by atoms with Crippen LogP contribution >= 0.6 is 0 Å². The van der Waals surface area contributed by atoms with Gasteiger partial charge in [-0.05, 0) is 24.6 Å². The van der Waals surface area contributed by atoms with Crippen molar-refractivity contribution < 1.29 is 13.2 Å².